The van der Waals surface area contributed by atoms with Crippen molar-refractivity contribution >= 4 is 44.5 Å². The lowest BCUT2D eigenvalue weighted by molar-refractivity contribution is 0.802. The van der Waals surface area contributed by atoms with Crippen LogP contribution in [0.4, 0.5) is 10.9 Å². The van der Waals surface area contributed by atoms with E-state index >= 15 is 0 Å². The number of rotatable bonds is 3. The highest BCUT2D eigenvalue weighted by Gasteiger charge is 2.23. The van der Waals surface area contributed by atoms with Crippen LogP contribution in [-0.2, 0) is 0 Å². The molecule has 0 radical (unpaired) electrons. The minimum absolute atomic E-state index is 0.0787. The molecule has 21 heavy (non-hydrogen) atoms. The van der Waals surface area contributed by atoms with Crippen LogP contribution in [0.1, 0.15) is 20.8 Å². The van der Waals surface area contributed by atoms with Gasteiger partial charge in [-0.1, -0.05) is 29.5 Å². The standard InChI is InChI=1S/C16H17N3S2/c1-16(2,3)21-19(14-10-6-7-11-17-14)15-18-12-8-4-5-9-13(12)20-15/h4-11H,1-3H3. The van der Waals surface area contributed by atoms with Gasteiger partial charge >= 0.3 is 0 Å². The quantitative estimate of drug-likeness (QED) is 0.615. The zero-order valence-corrected chi connectivity index (χ0v) is 13.9. The maximum absolute atomic E-state index is 4.76. The molecular formula is C16H17N3S2. The average molecular weight is 315 g/mol. The van der Waals surface area contributed by atoms with Crippen molar-refractivity contribution in [3.05, 3.63) is 48.7 Å². The second kappa shape index (κ2) is 5.66. The Bertz CT molecular complexity index is 699. The summed E-state index contributed by atoms with van der Waals surface area (Å²) in [4.78, 5) is 9.24. The molecule has 2 heterocycles. The van der Waals surface area contributed by atoms with Gasteiger partial charge in [-0.15, -0.1) is 0 Å². The number of benzene rings is 1. The summed E-state index contributed by atoms with van der Waals surface area (Å²) < 4.78 is 3.41. The Morgan fingerprint density at radius 2 is 1.81 bits per heavy atom. The number of hydrogen-bond acceptors (Lipinski definition) is 5. The van der Waals surface area contributed by atoms with Crippen LogP contribution in [-0.4, -0.2) is 14.7 Å². The SMILES string of the molecule is CC(C)(C)SN(c1ccccn1)c1nc2ccccc2s1. The highest BCUT2D eigenvalue weighted by atomic mass is 32.2. The smallest absolute Gasteiger partial charge is 0.202 e. The molecule has 5 heteroatoms. The first kappa shape index (κ1) is 14.4. The van der Waals surface area contributed by atoms with E-state index in [9.17, 15) is 0 Å². The molecule has 1 aromatic carbocycles. The number of hydrogen-bond donors (Lipinski definition) is 0. The third-order valence-corrected chi connectivity index (χ3v) is 4.91. The van der Waals surface area contributed by atoms with Crippen LogP contribution in [0.3, 0.4) is 0 Å². The van der Waals surface area contributed by atoms with Gasteiger partial charge in [-0.2, -0.15) is 0 Å². The lowest BCUT2D eigenvalue weighted by atomic mass is 10.3. The maximum atomic E-state index is 4.76. The van der Waals surface area contributed by atoms with Gasteiger partial charge in [-0.05, 0) is 57.0 Å². The van der Waals surface area contributed by atoms with E-state index in [1.807, 2.05) is 42.6 Å². The van der Waals surface area contributed by atoms with Crippen LogP contribution in [0.5, 0.6) is 0 Å². The van der Waals surface area contributed by atoms with Crippen molar-refractivity contribution in [2.45, 2.75) is 25.5 Å². The number of para-hydroxylation sites is 1. The number of pyridine rings is 1. The van der Waals surface area contributed by atoms with Gasteiger partial charge in [0.15, 0.2) is 0 Å². The number of thiazole rings is 1. The summed E-state index contributed by atoms with van der Waals surface area (Å²) in [7, 11) is 0. The van der Waals surface area contributed by atoms with E-state index in [2.05, 4.69) is 36.1 Å². The van der Waals surface area contributed by atoms with E-state index in [-0.39, 0.29) is 4.75 Å². The highest BCUT2D eigenvalue weighted by Crippen LogP contribution is 2.41. The topological polar surface area (TPSA) is 29.0 Å². The Morgan fingerprint density at radius 3 is 2.48 bits per heavy atom. The fourth-order valence-corrected chi connectivity index (χ4v) is 3.85. The van der Waals surface area contributed by atoms with Crippen molar-refractivity contribution in [2.24, 2.45) is 0 Å². The van der Waals surface area contributed by atoms with Crippen LogP contribution in [0.2, 0.25) is 0 Å². The van der Waals surface area contributed by atoms with Crippen molar-refractivity contribution in [3.8, 4) is 0 Å². The van der Waals surface area contributed by atoms with Gasteiger partial charge in [0.2, 0.25) is 5.13 Å². The molecular weight excluding hydrogens is 298 g/mol. The molecule has 3 nitrogen and oxygen atoms in total. The van der Waals surface area contributed by atoms with Crippen LogP contribution < -0.4 is 4.31 Å². The average Bonchev–Trinajstić information content (AvgIpc) is 2.88. The summed E-state index contributed by atoms with van der Waals surface area (Å²) in [5.74, 6) is 0.913. The molecule has 108 valence electrons. The van der Waals surface area contributed by atoms with E-state index in [4.69, 9.17) is 4.98 Å². The van der Waals surface area contributed by atoms with Crippen molar-refractivity contribution in [3.63, 3.8) is 0 Å². The monoisotopic (exact) mass is 315 g/mol. The first-order valence-corrected chi connectivity index (χ1v) is 8.38. The second-order valence-electron chi connectivity index (χ2n) is 5.65. The Hall–Kier alpha value is -1.59. The molecule has 0 fully saturated rings. The summed E-state index contributed by atoms with van der Waals surface area (Å²) in [6, 6.07) is 14.2. The number of aromatic nitrogens is 2. The van der Waals surface area contributed by atoms with Gasteiger partial charge in [0.25, 0.3) is 0 Å². The fourth-order valence-electron chi connectivity index (χ4n) is 1.88. The van der Waals surface area contributed by atoms with Gasteiger partial charge in [0.1, 0.15) is 5.82 Å². The molecule has 0 saturated carbocycles. The van der Waals surface area contributed by atoms with Crippen LogP contribution in [0.15, 0.2) is 48.7 Å². The van der Waals surface area contributed by atoms with E-state index in [0.29, 0.717) is 0 Å². The summed E-state index contributed by atoms with van der Waals surface area (Å²) in [5, 5.41) is 0.967. The minimum atomic E-state index is 0.0787. The fraction of sp³-hybridized carbons (Fsp3) is 0.250. The van der Waals surface area contributed by atoms with E-state index in [1.165, 1.54) is 4.70 Å². The number of nitrogens with zero attached hydrogens (tertiary/aromatic N) is 3. The van der Waals surface area contributed by atoms with E-state index < -0.39 is 0 Å². The first-order valence-electron chi connectivity index (χ1n) is 6.79. The molecule has 0 amide bonds. The highest BCUT2D eigenvalue weighted by molar-refractivity contribution is 8.02. The number of anilines is 2. The molecule has 0 aliphatic rings. The summed E-state index contributed by atoms with van der Waals surface area (Å²) in [5.41, 5.74) is 1.04. The predicted molar refractivity (Wildman–Crippen MR) is 93.3 cm³/mol. The van der Waals surface area contributed by atoms with Gasteiger partial charge in [0, 0.05) is 10.9 Å². The molecule has 0 atom stereocenters. The minimum Gasteiger partial charge on any atom is -0.242 e. The molecule has 0 bridgehead atoms. The second-order valence-corrected chi connectivity index (χ2v) is 8.43. The van der Waals surface area contributed by atoms with E-state index in [1.54, 1.807) is 23.3 Å². The van der Waals surface area contributed by atoms with Crippen LogP contribution in [0.25, 0.3) is 10.2 Å². The number of fused-ring (bicyclic) bond motifs is 1. The van der Waals surface area contributed by atoms with Crippen molar-refractivity contribution in [2.75, 3.05) is 4.31 Å². The summed E-state index contributed by atoms with van der Waals surface area (Å²) >= 11 is 3.44. The van der Waals surface area contributed by atoms with E-state index in [0.717, 1.165) is 16.5 Å². The molecule has 0 aliphatic carbocycles. The first-order chi connectivity index (χ1) is 10.0. The lowest BCUT2D eigenvalue weighted by Gasteiger charge is -2.27. The Balaban J connectivity index is 2.06. The molecule has 0 spiro atoms. The van der Waals surface area contributed by atoms with Crippen LogP contribution in [0, 0.1) is 0 Å². The maximum Gasteiger partial charge on any atom is 0.202 e. The molecule has 3 aromatic rings. The molecule has 0 N–H and O–H groups in total. The Morgan fingerprint density at radius 1 is 1.05 bits per heavy atom. The molecule has 3 rings (SSSR count). The predicted octanol–water partition coefficient (Wildman–Crippen LogP) is 5.28. The lowest BCUT2D eigenvalue weighted by Crippen LogP contribution is -2.19. The largest absolute Gasteiger partial charge is 0.242 e. The molecule has 0 unspecified atom stereocenters. The van der Waals surface area contributed by atoms with Crippen molar-refractivity contribution in [1.29, 1.82) is 0 Å². The normalized spacial score (nSPS) is 11.8. The summed E-state index contributed by atoms with van der Waals surface area (Å²) in [6.45, 7) is 6.59. The molecule has 2 aromatic heterocycles. The van der Waals surface area contributed by atoms with Crippen molar-refractivity contribution < 1.29 is 0 Å². The van der Waals surface area contributed by atoms with Gasteiger partial charge in [0.05, 0.1) is 10.2 Å². The Labute approximate surface area is 133 Å². The Kier molecular flexibility index (Phi) is 3.87. The molecule has 0 saturated heterocycles. The van der Waals surface area contributed by atoms with Gasteiger partial charge < -0.3 is 0 Å². The third-order valence-electron chi connectivity index (χ3n) is 2.68. The van der Waals surface area contributed by atoms with Gasteiger partial charge in [-0.25, -0.2) is 14.3 Å². The summed E-state index contributed by atoms with van der Waals surface area (Å²) in [6.07, 6.45) is 1.82. The third kappa shape index (κ3) is 3.36. The zero-order chi connectivity index (χ0) is 14.9. The van der Waals surface area contributed by atoms with Gasteiger partial charge in [-0.3, -0.25) is 0 Å². The van der Waals surface area contributed by atoms with Crippen LogP contribution >= 0.6 is 23.3 Å². The zero-order valence-electron chi connectivity index (χ0n) is 12.3. The van der Waals surface area contributed by atoms with Crippen molar-refractivity contribution in [1.82, 2.24) is 9.97 Å². The molecule has 0 aliphatic heterocycles.